The van der Waals surface area contributed by atoms with Crippen LogP contribution in [0.25, 0.3) is 0 Å². The van der Waals surface area contributed by atoms with Gasteiger partial charge in [0, 0.05) is 19.5 Å². The van der Waals surface area contributed by atoms with Crippen LogP contribution in [0.15, 0.2) is 45.6 Å². The number of halogens is 1. The van der Waals surface area contributed by atoms with Crippen molar-refractivity contribution >= 4 is 45.9 Å². The Balaban J connectivity index is 1.58. The lowest BCUT2D eigenvalue weighted by atomic mass is 9.78. The number of hydrogen-bond donors (Lipinski definition) is 2. The quantitative estimate of drug-likeness (QED) is 0.402. The third-order valence-corrected chi connectivity index (χ3v) is 8.14. The van der Waals surface area contributed by atoms with Gasteiger partial charge in [-0.1, -0.05) is 47.9 Å². The minimum absolute atomic E-state index is 0.0163. The molecule has 2 atom stereocenters. The van der Waals surface area contributed by atoms with E-state index in [0.29, 0.717) is 27.5 Å². The molecular formula is C26H29ClN6O5S. The van der Waals surface area contributed by atoms with Gasteiger partial charge in [0.2, 0.25) is 0 Å². The molecule has 13 heteroatoms. The van der Waals surface area contributed by atoms with Gasteiger partial charge in [0.1, 0.15) is 23.0 Å². The summed E-state index contributed by atoms with van der Waals surface area (Å²) < 4.78 is 10.1. The topological polar surface area (TPSA) is 140 Å². The molecule has 4 rings (SSSR count). The lowest BCUT2D eigenvalue weighted by Gasteiger charge is -2.33. The van der Waals surface area contributed by atoms with Crippen molar-refractivity contribution in [2.45, 2.75) is 51.6 Å². The third-order valence-electron chi connectivity index (χ3n) is 6.91. The second kappa shape index (κ2) is 13.0. The van der Waals surface area contributed by atoms with Crippen molar-refractivity contribution in [3.63, 3.8) is 0 Å². The standard InChI is InChI=1S/C26H29ClN6O5S/c1-15-4-6-17(7-5-15)24(30-25(36)23-16(2)31-38-32-23)20(13-35)29-26-28-10-22(39-26)21(14-37-3)33-11-18(27)8-9-19(33)12-34/h8-11,15,17,21,24H,4-7,14H2,1-3H3,(H,28,29)(H,30,36)/t15?,17?,21-,24+/m1/s1. The Bertz CT molecular complexity index is 1350. The average Bonchev–Trinajstić information content (AvgIpc) is 3.58. The van der Waals surface area contributed by atoms with Crippen LogP contribution in [0.5, 0.6) is 0 Å². The van der Waals surface area contributed by atoms with Crippen molar-refractivity contribution in [2.75, 3.05) is 19.0 Å². The molecule has 3 heterocycles. The Morgan fingerprint density at radius 3 is 2.69 bits per heavy atom. The summed E-state index contributed by atoms with van der Waals surface area (Å²) in [6.07, 6.45) is 10.1. The second-order valence-corrected chi connectivity index (χ2v) is 11.1. The van der Waals surface area contributed by atoms with Crippen LogP contribution in [-0.4, -0.2) is 57.7 Å². The van der Waals surface area contributed by atoms with E-state index in [1.165, 1.54) is 11.3 Å². The van der Waals surface area contributed by atoms with Crippen molar-refractivity contribution in [1.29, 1.82) is 0 Å². The maximum Gasteiger partial charge on any atom is 0.276 e. The smallest absolute Gasteiger partial charge is 0.276 e. The number of aryl methyl sites for hydroxylation is 1. The number of methoxy groups -OCH3 is 1. The fourth-order valence-electron chi connectivity index (χ4n) is 4.76. The van der Waals surface area contributed by atoms with E-state index < -0.39 is 18.0 Å². The Morgan fingerprint density at radius 2 is 2.05 bits per heavy atom. The maximum absolute atomic E-state index is 13.0. The fourth-order valence-corrected chi connectivity index (χ4v) is 5.85. The lowest BCUT2D eigenvalue weighted by molar-refractivity contribution is 0.0911. The molecule has 0 unspecified atom stereocenters. The summed E-state index contributed by atoms with van der Waals surface area (Å²) in [6, 6.07) is -1.06. The van der Waals surface area contributed by atoms with E-state index in [-0.39, 0.29) is 23.9 Å². The van der Waals surface area contributed by atoms with E-state index in [1.54, 1.807) is 43.5 Å². The van der Waals surface area contributed by atoms with Gasteiger partial charge in [0.05, 0.1) is 28.6 Å². The summed E-state index contributed by atoms with van der Waals surface area (Å²) in [5.41, 5.74) is 0.880. The highest BCUT2D eigenvalue weighted by Gasteiger charge is 2.33. The van der Waals surface area contributed by atoms with E-state index in [1.807, 2.05) is 11.9 Å². The zero-order valence-electron chi connectivity index (χ0n) is 21.8. The van der Waals surface area contributed by atoms with Crippen molar-refractivity contribution in [3.8, 4) is 0 Å². The summed E-state index contributed by atoms with van der Waals surface area (Å²) in [5.74, 6) is 4.03. The van der Waals surface area contributed by atoms with Gasteiger partial charge in [-0.3, -0.25) is 4.79 Å². The summed E-state index contributed by atoms with van der Waals surface area (Å²) in [4.78, 5) is 43.7. The number of allylic oxidation sites excluding steroid dienone is 3. The van der Waals surface area contributed by atoms with Crippen LogP contribution in [0.2, 0.25) is 0 Å². The molecule has 0 radical (unpaired) electrons. The number of thiazole rings is 1. The van der Waals surface area contributed by atoms with Gasteiger partial charge in [-0.15, -0.1) is 0 Å². The number of amides is 1. The summed E-state index contributed by atoms with van der Waals surface area (Å²) in [7, 11) is 1.56. The van der Waals surface area contributed by atoms with Crippen LogP contribution in [0.1, 0.15) is 59.7 Å². The van der Waals surface area contributed by atoms with E-state index in [0.717, 1.165) is 30.6 Å². The van der Waals surface area contributed by atoms with Crippen molar-refractivity contribution in [2.24, 2.45) is 11.8 Å². The molecule has 1 saturated carbocycles. The highest BCUT2D eigenvalue weighted by molar-refractivity contribution is 7.15. The van der Waals surface area contributed by atoms with Crippen molar-refractivity contribution in [1.82, 2.24) is 25.5 Å². The number of nitrogens with zero attached hydrogens (tertiary/aromatic N) is 4. The zero-order valence-corrected chi connectivity index (χ0v) is 23.3. The SMILES string of the molecule is COC[C@H](c1cnc(NC(=C=O)[C@@H](NC(=O)c2nonc2C)C2CCC(C)CC2)s1)N1C=C(Cl)C=CC1=C=O. The Labute approximate surface area is 234 Å². The molecule has 0 spiro atoms. The lowest BCUT2D eigenvalue weighted by Crippen LogP contribution is -2.45. The van der Waals surface area contributed by atoms with Crippen LogP contribution >= 0.6 is 22.9 Å². The minimum atomic E-state index is -0.640. The van der Waals surface area contributed by atoms with Gasteiger partial charge in [-0.05, 0) is 48.9 Å². The van der Waals surface area contributed by atoms with Gasteiger partial charge in [-0.2, -0.15) is 0 Å². The number of rotatable bonds is 10. The molecule has 1 fully saturated rings. The normalized spacial score (nSPS) is 20.5. The monoisotopic (exact) mass is 572 g/mol. The molecule has 2 N–H and O–H groups in total. The molecule has 0 bridgehead atoms. The van der Waals surface area contributed by atoms with Crippen LogP contribution in [0.4, 0.5) is 5.13 Å². The van der Waals surface area contributed by atoms with E-state index in [4.69, 9.17) is 16.3 Å². The molecule has 2 aliphatic rings. The first-order valence-electron chi connectivity index (χ1n) is 12.5. The van der Waals surface area contributed by atoms with Crippen LogP contribution in [0.3, 0.4) is 0 Å². The average molecular weight is 573 g/mol. The number of hydrogen-bond acceptors (Lipinski definition) is 11. The molecule has 2 aromatic heterocycles. The first kappa shape index (κ1) is 28.5. The third kappa shape index (κ3) is 6.73. The van der Waals surface area contributed by atoms with Gasteiger partial charge in [-0.25, -0.2) is 19.2 Å². The highest BCUT2D eigenvalue weighted by atomic mass is 35.5. The van der Waals surface area contributed by atoms with Crippen LogP contribution in [-0.2, 0) is 14.3 Å². The van der Waals surface area contributed by atoms with Gasteiger partial charge < -0.3 is 20.3 Å². The predicted octanol–water partition coefficient (Wildman–Crippen LogP) is 3.94. The number of carbonyl (C=O) groups excluding carboxylic acids is 3. The summed E-state index contributed by atoms with van der Waals surface area (Å²) in [6.45, 7) is 4.06. The molecule has 2 aromatic rings. The number of anilines is 1. The van der Waals surface area contributed by atoms with Crippen molar-refractivity contribution < 1.29 is 23.7 Å². The minimum Gasteiger partial charge on any atom is -0.382 e. The zero-order chi connectivity index (χ0) is 27.9. The first-order chi connectivity index (χ1) is 18.8. The van der Waals surface area contributed by atoms with E-state index in [9.17, 15) is 14.4 Å². The molecule has 11 nitrogen and oxygen atoms in total. The van der Waals surface area contributed by atoms with Gasteiger partial charge in [0.15, 0.2) is 16.8 Å². The molecule has 0 aromatic carbocycles. The van der Waals surface area contributed by atoms with E-state index in [2.05, 4.69) is 37.5 Å². The number of nitrogens with one attached hydrogen (secondary N) is 2. The molecule has 1 amide bonds. The van der Waals surface area contributed by atoms with Gasteiger partial charge >= 0.3 is 0 Å². The number of aromatic nitrogens is 3. The first-order valence-corrected chi connectivity index (χ1v) is 13.7. The van der Waals surface area contributed by atoms with Crippen LogP contribution < -0.4 is 10.6 Å². The summed E-state index contributed by atoms with van der Waals surface area (Å²) >= 11 is 7.48. The molecule has 0 saturated heterocycles. The Kier molecular flexibility index (Phi) is 9.50. The molecule has 206 valence electrons. The molecule has 39 heavy (non-hydrogen) atoms. The number of ether oxygens (including phenoxy) is 1. The Morgan fingerprint density at radius 1 is 1.28 bits per heavy atom. The fraction of sp³-hybridized carbons (Fsp3) is 0.462. The molecule has 1 aliphatic heterocycles. The molecular weight excluding hydrogens is 544 g/mol. The number of carbonyl (C=O) groups is 1. The second-order valence-electron chi connectivity index (χ2n) is 9.59. The largest absolute Gasteiger partial charge is 0.382 e. The maximum atomic E-state index is 13.0. The Hall–Kier alpha value is -3.53. The van der Waals surface area contributed by atoms with Crippen molar-refractivity contribution in [3.05, 3.63) is 57.2 Å². The predicted molar refractivity (Wildman–Crippen MR) is 145 cm³/mol. The molecule has 1 aliphatic carbocycles. The summed E-state index contributed by atoms with van der Waals surface area (Å²) in [5, 5.41) is 14.3. The van der Waals surface area contributed by atoms with Gasteiger partial charge in [0.25, 0.3) is 5.91 Å². The van der Waals surface area contributed by atoms with E-state index >= 15 is 0 Å². The highest BCUT2D eigenvalue weighted by Crippen LogP contribution is 2.36. The van der Waals surface area contributed by atoms with Crippen LogP contribution in [0, 0.1) is 18.8 Å².